The molecule has 4 heteroatoms. The van der Waals surface area contributed by atoms with Gasteiger partial charge in [-0.25, -0.2) is 0 Å². The molecular weight excluding hydrogens is 255 g/mol. The highest BCUT2D eigenvalue weighted by Crippen LogP contribution is 2.34. The molecule has 0 amide bonds. The van der Waals surface area contributed by atoms with Crippen LogP contribution < -0.4 is 4.90 Å². The summed E-state index contributed by atoms with van der Waals surface area (Å²) in [6.07, 6.45) is 2.59. The van der Waals surface area contributed by atoms with Crippen LogP contribution in [0.5, 0.6) is 0 Å². The fourth-order valence-corrected chi connectivity index (χ4v) is 3.57. The third-order valence-corrected chi connectivity index (χ3v) is 4.42. The lowest BCUT2D eigenvalue weighted by molar-refractivity contribution is 0.125. The molecular formula is C13H16Cl2N2. The summed E-state index contributed by atoms with van der Waals surface area (Å²) in [5.41, 5.74) is 1.17. The summed E-state index contributed by atoms with van der Waals surface area (Å²) in [5.74, 6) is 0. The zero-order valence-electron chi connectivity index (χ0n) is 9.87. The SMILES string of the molecule is CN1C[C@@H]2CC[C@H]1CN2c1cc(Cl)cc(Cl)c1. The minimum Gasteiger partial charge on any atom is -0.366 e. The Balaban J connectivity index is 1.90. The molecule has 2 atom stereocenters. The summed E-state index contributed by atoms with van der Waals surface area (Å²) in [7, 11) is 2.22. The number of nitrogens with zero attached hydrogens (tertiary/aromatic N) is 2. The number of fused-ring (bicyclic) bond motifs is 3. The van der Waals surface area contributed by atoms with Gasteiger partial charge < -0.3 is 4.90 Å². The van der Waals surface area contributed by atoms with Crippen molar-refractivity contribution in [2.75, 3.05) is 25.0 Å². The van der Waals surface area contributed by atoms with Crippen molar-refractivity contribution in [3.8, 4) is 0 Å². The molecule has 92 valence electrons. The van der Waals surface area contributed by atoms with Crippen molar-refractivity contribution in [2.24, 2.45) is 0 Å². The molecule has 0 unspecified atom stereocenters. The summed E-state index contributed by atoms with van der Waals surface area (Å²) in [6, 6.07) is 7.13. The van der Waals surface area contributed by atoms with E-state index >= 15 is 0 Å². The summed E-state index contributed by atoms with van der Waals surface area (Å²) in [5, 5.41) is 1.45. The van der Waals surface area contributed by atoms with Crippen LogP contribution in [0.4, 0.5) is 5.69 Å². The molecule has 1 aromatic carbocycles. The largest absolute Gasteiger partial charge is 0.366 e. The third-order valence-electron chi connectivity index (χ3n) is 3.98. The molecule has 2 nitrogen and oxygen atoms in total. The Bertz CT molecular complexity index is 415. The van der Waals surface area contributed by atoms with Crippen LogP contribution in [0.1, 0.15) is 12.8 Å². The first-order chi connectivity index (χ1) is 8.13. The van der Waals surface area contributed by atoms with Gasteiger partial charge in [-0.2, -0.15) is 0 Å². The maximum atomic E-state index is 6.08. The number of hydrogen-bond donors (Lipinski definition) is 0. The third kappa shape index (κ3) is 2.14. The number of halogens is 2. The van der Waals surface area contributed by atoms with Crippen LogP contribution in [0.3, 0.4) is 0 Å². The van der Waals surface area contributed by atoms with Crippen molar-refractivity contribution in [3.05, 3.63) is 28.2 Å². The normalized spacial score (nSPS) is 28.8. The van der Waals surface area contributed by atoms with Gasteiger partial charge in [0.05, 0.1) is 0 Å². The number of benzene rings is 1. The van der Waals surface area contributed by atoms with Gasteiger partial charge in [0.25, 0.3) is 0 Å². The molecule has 3 aliphatic rings. The zero-order chi connectivity index (χ0) is 12.0. The number of piperidine rings is 2. The monoisotopic (exact) mass is 270 g/mol. The van der Waals surface area contributed by atoms with Gasteiger partial charge in [-0.05, 0) is 38.1 Å². The van der Waals surface area contributed by atoms with Crippen molar-refractivity contribution in [2.45, 2.75) is 24.9 Å². The lowest BCUT2D eigenvalue weighted by Gasteiger charge is -2.51. The maximum Gasteiger partial charge on any atom is 0.0441 e. The molecule has 3 saturated heterocycles. The molecule has 0 spiro atoms. The van der Waals surface area contributed by atoms with Crippen molar-refractivity contribution < 1.29 is 0 Å². The Kier molecular flexibility index (Phi) is 2.97. The van der Waals surface area contributed by atoms with E-state index in [-0.39, 0.29) is 0 Å². The number of piperazine rings is 1. The predicted molar refractivity (Wildman–Crippen MR) is 73.2 cm³/mol. The van der Waals surface area contributed by atoms with Crippen LogP contribution in [-0.4, -0.2) is 37.1 Å². The number of anilines is 1. The minimum atomic E-state index is 0.611. The molecule has 3 aliphatic heterocycles. The Morgan fingerprint density at radius 3 is 2.18 bits per heavy atom. The van der Waals surface area contributed by atoms with Gasteiger partial charge in [0.15, 0.2) is 0 Å². The van der Waals surface area contributed by atoms with Gasteiger partial charge in [-0.1, -0.05) is 23.2 Å². The van der Waals surface area contributed by atoms with Crippen molar-refractivity contribution in [1.82, 2.24) is 4.90 Å². The lowest BCUT2D eigenvalue weighted by atomic mass is 9.91. The van der Waals surface area contributed by atoms with E-state index in [1.807, 2.05) is 12.1 Å². The fraction of sp³-hybridized carbons (Fsp3) is 0.538. The summed E-state index contributed by atoms with van der Waals surface area (Å²) < 4.78 is 0. The Hall–Kier alpha value is -0.440. The highest BCUT2D eigenvalue weighted by atomic mass is 35.5. The number of likely N-dealkylation sites (N-methyl/N-ethyl adjacent to an activating group) is 1. The van der Waals surface area contributed by atoms with Crippen LogP contribution in [0.15, 0.2) is 18.2 Å². The van der Waals surface area contributed by atoms with E-state index in [2.05, 4.69) is 16.8 Å². The van der Waals surface area contributed by atoms with E-state index < -0.39 is 0 Å². The number of rotatable bonds is 1. The van der Waals surface area contributed by atoms with Crippen LogP contribution in [-0.2, 0) is 0 Å². The second kappa shape index (κ2) is 4.34. The minimum absolute atomic E-state index is 0.611. The molecule has 0 N–H and O–H groups in total. The topological polar surface area (TPSA) is 6.48 Å². The lowest BCUT2D eigenvalue weighted by Crippen LogP contribution is -2.61. The Morgan fingerprint density at radius 2 is 1.65 bits per heavy atom. The van der Waals surface area contributed by atoms with Gasteiger partial charge >= 0.3 is 0 Å². The fourth-order valence-electron chi connectivity index (χ4n) is 3.06. The number of hydrogen-bond acceptors (Lipinski definition) is 2. The first kappa shape index (κ1) is 11.6. The van der Waals surface area contributed by atoms with E-state index in [9.17, 15) is 0 Å². The van der Waals surface area contributed by atoms with Crippen molar-refractivity contribution in [3.63, 3.8) is 0 Å². The Morgan fingerprint density at radius 1 is 1.00 bits per heavy atom. The standard InChI is InChI=1S/C13H16Cl2N2/c1-16-7-12-3-2-11(16)8-17(12)13-5-9(14)4-10(15)6-13/h4-6,11-12H,2-3,7-8H2,1H3/t11-,12-/m0/s1. The second-order valence-electron chi connectivity index (χ2n) is 5.10. The van der Waals surface area contributed by atoms with E-state index in [1.165, 1.54) is 18.5 Å². The molecule has 0 aliphatic carbocycles. The van der Waals surface area contributed by atoms with Gasteiger partial charge in [0.1, 0.15) is 0 Å². The van der Waals surface area contributed by atoms with Crippen molar-refractivity contribution in [1.29, 1.82) is 0 Å². The summed E-state index contributed by atoms with van der Waals surface area (Å²) in [4.78, 5) is 4.93. The summed E-state index contributed by atoms with van der Waals surface area (Å²) >= 11 is 12.2. The van der Waals surface area contributed by atoms with E-state index in [4.69, 9.17) is 23.2 Å². The van der Waals surface area contributed by atoms with Gasteiger partial charge in [0, 0.05) is 40.9 Å². The van der Waals surface area contributed by atoms with Crippen LogP contribution >= 0.6 is 23.2 Å². The molecule has 4 rings (SSSR count). The van der Waals surface area contributed by atoms with Crippen molar-refractivity contribution >= 4 is 28.9 Å². The molecule has 2 bridgehead atoms. The first-order valence-corrected chi connectivity index (χ1v) is 6.82. The Labute approximate surface area is 112 Å². The highest BCUT2D eigenvalue weighted by molar-refractivity contribution is 6.35. The molecule has 3 heterocycles. The molecule has 3 fully saturated rings. The average molecular weight is 271 g/mol. The van der Waals surface area contributed by atoms with Crippen LogP contribution in [0, 0.1) is 0 Å². The molecule has 0 radical (unpaired) electrons. The molecule has 0 aromatic heterocycles. The average Bonchev–Trinajstić information content (AvgIpc) is 2.28. The van der Waals surface area contributed by atoms with Crippen LogP contribution in [0.25, 0.3) is 0 Å². The maximum absolute atomic E-state index is 6.08. The van der Waals surface area contributed by atoms with Crippen LogP contribution in [0.2, 0.25) is 10.0 Å². The first-order valence-electron chi connectivity index (χ1n) is 6.06. The van der Waals surface area contributed by atoms with Gasteiger partial charge in [0.2, 0.25) is 0 Å². The zero-order valence-corrected chi connectivity index (χ0v) is 11.4. The molecule has 17 heavy (non-hydrogen) atoms. The van der Waals surface area contributed by atoms with E-state index in [1.54, 1.807) is 6.07 Å². The molecule has 1 aromatic rings. The predicted octanol–water partition coefficient (Wildman–Crippen LogP) is 3.28. The smallest absolute Gasteiger partial charge is 0.0441 e. The van der Waals surface area contributed by atoms with E-state index in [0.717, 1.165) is 23.1 Å². The highest BCUT2D eigenvalue weighted by Gasteiger charge is 2.37. The quantitative estimate of drug-likeness (QED) is 0.773. The molecule has 0 saturated carbocycles. The van der Waals surface area contributed by atoms with E-state index in [0.29, 0.717) is 12.1 Å². The summed E-state index contributed by atoms with van der Waals surface area (Å²) in [6.45, 7) is 2.24. The van der Waals surface area contributed by atoms with Gasteiger partial charge in [-0.15, -0.1) is 0 Å². The second-order valence-corrected chi connectivity index (χ2v) is 5.98. The van der Waals surface area contributed by atoms with Gasteiger partial charge in [-0.3, -0.25) is 4.90 Å².